The molecule has 0 N–H and O–H groups in total. The summed E-state index contributed by atoms with van der Waals surface area (Å²) in [7, 11) is 1.56. The molecule has 7 nitrogen and oxygen atoms in total. The van der Waals surface area contributed by atoms with Crippen LogP contribution in [-0.4, -0.2) is 23.2 Å². The van der Waals surface area contributed by atoms with E-state index >= 15 is 0 Å². The van der Waals surface area contributed by atoms with Gasteiger partial charge in [-0.05, 0) is 29.8 Å². The first kappa shape index (κ1) is 19.9. The average molecular weight is 411 g/mol. The van der Waals surface area contributed by atoms with Crippen molar-refractivity contribution < 1.29 is 18.8 Å². The fraction of sp³-hybridized carbons (Fsp3) is 0.0833. The molecule has 31 heavy (non-hydrogen) atoms. The lowest BCUT2D eigenvalue weighted by Crippen LogP contribution is -2.07. The van der Waals surface area contributed by atoms with E-state index in [1.54, 1.807) is 55.6 Å². The van der Waals surface area contributed by atoms with Crippen molar-refractivity contribution in [2.45, 2.75) is 6.61 Å². The first-order chi connectivity index (χ1) is 15.2. The van der Waals surface area contributed by atoms with Gasteiger partial charge in [-0.3, -0.25) is 0 Å². The van der Waals surface area contributed by atoms with Crippen LogP contribution in [0.1, 0.15) is 21.8 Å². The normalized spacial score (nSPS) is 10.3. The van der Waals surface area contributed by atoms with Gasteiger partial charge in [-0.25, -0.2) is 4.79 Å². The summed E-state index contributed by atoms with van der Waals surface area (Å²) in [5, 5.41) is 13.3. The number of esters is 1. The number of nitriles is 1. The lowest BCUT2D eigenvalue weighted by atomic mass is 9.96. The highest BCUT2D eigenvalue weighted by molar-refractivity contribution is 5.98. The first-order valence-corrected chi connectivity index (χ1v) is 9.43. The molecule has 1 aromatic heterocycles. The standard InChI is InChI=1S/C24H17N3O4/c1-29-21-13-7-6-12-20(21)23-26-22(31-27-23)15-30-24(28)19-11-5-4-10-18(19)17-9-3-2-8-16(17)14-25/h2-13H,15H2,1H3. The summed E-state index contributed by atoms with van der Waals surface area (Å²) in [5.41, 5.74) is 2.76. The van der Waals surface area contributed by atoms with E-state index in [2.05, 4.69) is 16.2 Å². The van der Waals surface area contributed by atoms with Crippen molar-refractivity contribution >= 4 is 5.97 Å². The highest BCUT2D eigenvalue weighted by atomic mass is 16.6. The van der Waals surface area contributed by atoms with Gasteiger partial charge in [-0.1, -0.05) is 53.7 Å². The molecule has 1 heterocycles. The monoisotopic (exact) mass is 411 g/mol. The smallest absolute Gasteiger partial charge is 0.339 e. The number of hydrogen-bond donors (Lipinski definition) is 0. The number of methoxy groups -OCH3 is 1. The lowest BCUT2D eigenvalue weighted by Gasteiger charge is -2.10. The SMILES string of the molecule is COc1ccccc1-c1noc(COC(=O)c2ccccc2-c2ccccc2C#N)n1. The topological polar surface area (TPSA) is 98.2 Å². The van der Waals surface area contributed by atoms with E-state index in [0.717, 1.165) is 0 Å². The van der Waals surface area contributed by atoms with Crippen molar-refractivity contribution in [1.29, 1.82) is 5.26 Å². The maximum atomic E-state index is 12.8. The molecule has 0 saturated heterocycles. The van der Waals surface area contributed by atoms with Crippen molar-refractivity contribution in [3.8, 4) is 34.3 Å². The van der Waals surface area contributed by atoms with E-state index in [1.165, 1.54) is 0 Å². The van der Waals surface area contributed by atoms with Crippen LogP contribution in [0.25, 0.3) is 22.5 Å². The van der Waals surface area contributed by atoms with E-state index < -0.39 is 5.97 Å². The third-order valence-corrected chi connectivity index (χ3v) is 4.63. The van der Waals surface area contributed by atoms with Crippen LogP contribution in [0.5, 0.6) is 5.75 Å². The average Bonchev–Trinajstić information content (AvgIpc) is 3.31. The summed E-state index contributed by atoms with van der Waals surface area (Å²) < 4.78 is 15.9. The minimum absolute atomic E-state index is 0.157. The molecule has 0 amide bonds. The number of carbonyl (C=O) groups excluding carboxylic acids is 1. The number of benzene rings is 3. The molecule has 0 saturated carbocycles. The molecular weight excluding hydrogens is 394 g/mol. The number of aromatic nitrogens is 2. The Balaban J connectivity index is 1.54. The molecule has 0 fully saturated rings. The number of hydrogen-bond acceptors (Lipinski definition) is 7. The van der Waals surface area contributed by atoms with Gasteiger partial charge >= 0.3 is 5.97 Å². The van der Waals surface area contributed by atoms with Gasteiger partial charge in [0, 0.05) is 5.56 Å². The molecule has 0 atom stereocenters. The van der Waals surface area contributed by atoms with Crippen LogP contribution in [0.3, 0.4) is 0 Å². The molecular formula is C24H17N3O4. The van der Waals surface area contributed by atoms with Gasteiger partial charge in [0.2, 0.25) is 5.82 Å². The van der Waals surface area contributed by atoms with E-state index in [4.69, 9.17) is 14.0 Å². The Morgan fingerprint density at radius 2 is 1.65 bits per heavy atom. The lowest BCUT2D eigenvalue weighted by molar-refractivity contribution is 0.0430. The second-order valence-electron chi connectivity index (χ2n) is 6.49. The van der Waals surface area contributed by atoms with Crippen LogP contribution < -0.4 is 4.74 Å². The molecule has 4 aromatic rings. The van der Waals surface area contributed by atoms with Crippen LogP contribution in [-0.2, 0) is 11.3 Å². The summed E-state index contributed by atoms with van der Waals surface area (Å²) in [6.45, 7) is -0.185. The maximum absolute atomic E-state index is 12.8. The van der Waals surface area contributed by atoms with Crippen LogP contribution in [0, 0.1) is 11.3 Å². The first-order valence-electron chi connectivity index (χ1n) is 9.43. The van der Waals surface area contributed by atoms with Crippen LogP contribution in [0.15, 0.2) is 77.3 Å². The number of carbonyl (C=O) groups is 1. The van der Waals surface area contributed by atoms with Gasteiger partial charge in [-0.15, -0.1) is 0 Å². The number of nitrogens with zero attached hydrogens (tertiary/aromatic N) is 3. The molecule has 0 aliphatic heterocycles. The maximum Gasteiger partial charge on any atom is 0.339 e. The van der Waals surface area contributed by atoms with E-state index in [9.17, 15) is 10.1 Å². The Hall–Kier alpha value is -4.44. The van der Waals surface area contributed by atoms with E-state index in [0.29, 0.717) is 39.4 Å². The molecule has 0 bridgehead atoms. The Morgan fingerprint density at radius 3 is 2.42 bits per heavy atom. The van der Waals surface area contributed by atoms with E-state index in [1.807, 2.05) is 24.3 Å². The quantitative estimate of drug-likeness (QED) is 0.426. The van der Waals surface area contributed by atoms with Crippen LogP contribution >= 0.6 is 0 Å². The van der Waals surface area contributed by atoms with Crippen molar-refractivity contribution in [2.24, 2.45) is 0 Å². The molecule has 0 aliphatic rings. The third-order valence-electron chi connectivity index (χ3n) is 4.63. The summed E-state index contributed by atoms with van der Waals surface area (Å²) in [5.74, 6) is 0.549. The Kier molecular flexibility index (Phi) is 5.72. The zero-order valence-corrected chi connectivity index (χ0v) is 16.6. The predicted octanol–water partition coefficient (Wildman–Crippen LogP) is 4.64. The van der Waals surface area contributed by atoms with Gasteiger partial charge in [0.15, 0.2) is 6.61 Å². The molecule has 0 aliphatic carbocycles. The number of rotatable bonds is 6. The van der Waals surface area contributed by atoms with Crippen molar-refractivity contribution in [3.05, 3.63) is 89.8 Å². The second kappa shape index (κ2) is 8.93. The van der Waals surface area contributed by atoms with E-state index in [-0.39, 0.29) is 12.5 Å². The van der Waals surface area contributed by atoms with Gasteiger partial charge in [0.1, 0.15) is 5.75 Å². The van der Waals surface area contributed by atoms with Crippen molar-refractivity contribution in [1.82, 2.24) is 10.1 Å². The fourth-order valence-electron chi connectivity index (χ4n) is 3.17. The zero-order valence-electron chi connectivity index (χ0n) is 16.6. The van der Waals surface area contributed by atoms with Gasteiger partial charge in [0.25, 0.3) is 5.89 Å². The molecule has 0 radical (unpaired) electrons. The van der Waals surface area contributed by atoms with Crippen LogP contribution in [0.4, 0.5) is 0 Å². The minimum atomic E-state index is -0.555. The Bertz CT molecular complexity index is 1270. The van der Waals surface area contributed by atoms with Crippen LogP contribution in [0.2, 0.25) is 0 Å². The van der Waals surface area contributed by atoms with Gasteiger partial charge in [-0.2, -0.15) is 10.2 Å². The number of ether oxygens (including phenoxy) is 2. The van der Waals surface area contributed by atoms with Gasteiger partial charge < -0.3 is 14.0 Å². The summed E-state index contributed by atoms with van der Waals surface area (Å²) in [4.78, 5) is 17.1. The predicted molar refractivity (Wildman–Crippen MR) is 112 cm³/mol. The Morgan fingerprint density at radius 1 is 0.968 bits per heavy atom. The highest BCUT2D eigenvalue weighted by Crippen LogP contribution is 2.29. The molecule has 4 rings (SSSR count). The summed E-state index contributed by atoms with van der Waals surface area (Å²) in [6.07, 6.45) is 0. The third kappa shape index (κ3) is 4.14. The van der Waals surface area contributed by atoms with Crippen molar-refractivity contribution in [2.75, 3.05) is 7.11 Å². The second-order valence-corrected chi connectivity index (χ2v) is 6.49. The molecule has 7 heteroatoms. The Labute approximate surface area is 178 Å². The molecule has 152 valence electrons. The zero-order chi connectivity index (χ0) is 21.6. The molecule has 0 spiro atoms. The van der Waals surface area contributed by atoms with Gasteiger partial charge in [0.05, 0.1) is 29.9 Å². The minimum Gasteiger partial charge on any atom is -0.496 e. The highest BCUT2D eigenvalue weighted by Gasteiger charge is 2.18. The summed E-state index contributed by atoms with van der Waals surface area (Å²) >= 11 is 0. The van der Waals surface area contributed by atoms with Crippen molar-refractivity contribution in [3.63, 3.8) is 0 Å². The summed E-state index contributed by atoms with van der Waals surface area (Å²) in [6, 6.07) is 23.5. The molecule has 3 aromatic carbocycles. The molecule has 0 unspecified atom stereocenters. The largest absolute Gasteiger partial charge is 0.496 e. The number of para-hydroxylation sites is 1. The fourth-order valence-corrected chi connectivity index (χ4v) is 3.17.